The van der Waals surface area contributed by atoms with Crippen LogP contribution < -0.4 is 11.1 Å². The molecule has 1 aromatic carbocycles. The van der Waals surface area contributed by atoms with Crippen LogP contribution in [0.25, 0.3) is 0 Å². The molecule has 0 aliphatic heterocycles. The van der Waals surface area contributed by atoms with E-state index in [4.69, 9.17) is 5.73 Å². The summed E-state index contributed by atoms with van der Waals surface area (Å²) in [4.78, 5) is 24.7. The highest BCUT2D eigenvalue weighted by Crippen LogP contribution is 2.04. The normalized spacial score (nSPS) is 10.3. The maximum Gasteiger partial charge on any atom is 0.251 e. The Morgan fingerprint density at radius 1 is 1.29 bits per heavy atom. The average molecular weight is 235 g/mol. The van der Waals surface area contributed by atoms with Crippen LogP contribution in [0.3, 0.4) is 0 Å². The smallest absolute Gasteiger partial charge is 0.251 e. The highest BCUT2D eigenvalue weighted by atomic mass is 16.2. The Bertz CT molecular complexity index is 416. The molecule has 3 N–H and O–H groups in total. The Morgan fingerprint density at radius 3 is 2.53 bits per heavy atom. The maximum atomic E-state index is 11.7. The van der Waals surface area contributed by atoms with Crippen molar-refractivity contribution in [1.82, 2.24) is 10.2 Å². The molecule has 0 fully saturated rings. The van der Waals surface area contributed by atoms with E-state index in [0.29, 0.717) is 17.7 Å². The summed E-state index contributed by atoms with van der Waals surface area (Å²) >= 11 is 0. The van der Waals surface area contributed by atoms with Gasteiger partial charge in [-0.2, -0.15) is 0 Å². The topological polar surface area (TPSA) is 75.4 Å². The summed E-state index contributed by atoms with van der Waals surface area (Å²) in [7, 11) is 3.86. The van der Waals surface area contributed by atoms with Crippen molar-refractivity contribution < 1.29 is 9.59 Å². The lowest BCUT2D eigenvalue weighted by molar-refractivity contribution is 0.0951. The van der Waals surface area contributed by atoms with E-state index in [1.807, 2.05) is 19.0 Å². The van der Waals surface area contributed by atoms with E-state index in [1.54, 1.807) is 18.2 Å². The number of carbonyl (C=O) groups excluding carboxylic acids is 2. The number of likely N-dealkylation sites (N-methyl/N-ethyl adjacent to an activating group) is 1. The summed E-state index contributed by atoms with van der Waals surface area (Å²) in [6, 6.07) is 6.37. The van der Waals surface area contributed by atoms with Crippen molar-refractivity contribution in [3.05, 3.63) is 35.4 Å². The first-order valence-electron chi connectivity index (χ1n) is 5.33. The molecule has 0 heterocycles. The number of hydrogen-bond donors (Lipinski definition) is 2. The number of rotatable bonds is 5. The minimum Gasteiger partial charge on any atom is -0.366 e. The monoisotopic (exact) mass is 235 g/mol. The van der Waals surface area contributed by atoms with Gasteiger partial charge in [-0.25, -0.2) is 0 Å². The van der Waals surface area contributed by atoms with Gasteiger partial charge in [0, 0.05) is 24.2 Å². The van der Waals surface area contributed by atoms with Gasteiger partial charge in [-0.05, 0) is 32.3 Å². The molecule has 2 amide bonds. The van der Waals surface area contributed by atoms with Crippen LogP contribution in [-0.2, 0) is 0 Å². The summed E-state index contributed by atoms with van der Waals surface area (Å²) in [5, 5.41) is 2.76. The highest BCUT2D eigenvalue weighted by molar-refractivity contribution is 5.99. The molecule has 1 rings (SSSR count). The summed E-state index contributed by atoms with van der Waals surface area (Å²) in [5.74, 6) is -0.733. The van der Waals surface area contributed by atoms with Crippen molar-refractivity contribution in [3.8, 4) is 0 Å². The van der Waals surface area contributed by atoms with Crippen LogP contribution in [0.15, 0.2) is 24.3 Å². The first kappa shape index (κ1) is 13.2. The SMILES string of the molecule is CN(C)CCNC(=O)c1cccc(C(N)=O)c1. The predicted molar refractivity (Wildman–Crippen MR) is 65.8 cm³/mol. The van der Waals surface area contributed by atoms with Crippen LogP contribution in [0, 0.1) is 0 Å². The molecule has 92 valence electrons. The standard InChI is InChI=1S/C12H17N3O2/c1-15(2)7-6-14-12(17)10-5-3-4-9(8-10)11(13)16/h3-5,8H,6-7H2,1-2H3,(H2,13,16)(H,14,17). The second-order valence-electron chi connectivity index (χ2n) is 4.00. The van der Waals surface area contributed by atoms with E-state index in [2.05, 4.69) is 5.32 Å². The van der Waals surface area contributed by atoms with Gasteiger partial charge in [-0.15, -0.1) is 0 Å². The molecule has 0 aromatic heterocycles. The molecule has 0 spiro atoms. The fourth-order valence-electron chi connectivity index (χ4n) is 1.31. The van der Waals surface area contributed by atoms with Crippen molar-refractivity contribution >= 4 is 11.8 Å². The molecule has 0 saturated carbocycles. The van der Waals surface area contributed by atoms with Crippen LogP contribution >= 0.6 is 0 Å². The maximum absolute atomic E-state index is 11.7. The number of nitrogens with one attached hydrogen (secondary N) is 1. The van der Waals surface area contributed by atoms with Crippen LogP contribution in [0.2, 0.25) is 0 Å². The van der Waals surface area contributed by atoms with Crippen molar-refractivity contribution in [3.63, 3.8) is 0 Å². The molecular formula is C12H17N3O2. The van der Waals surface area contributed by atoms with E-state index < -0.39 is 5.91 Å². The minimum absolute atomic E-state index is 0.199. The Labute approximate surface area is 101 Å². The molecule has 0 saturated heterocycles. The third kappa shape index (κ3) is 4.24. The van der Waals surface area contributed by atoms with Crippen LogP contribution in [0.1, 0.15) is 20.7 Å². The van der Waals surface area contributed by atoms with Gasteiger partial charge in [0.1, 0.15) is 0 Å². The zero-order valence-corrected chi connectivity index (χ0v) is 10.1. The highest BCUT2D eigenvalue weighted by Gasteiger charge is 2.07. The second-order valence-corrected chi connectivity index (χ2v) is 4.00. The number of nitrogens with two attached hydrogens (primary N) is 1. The lowest BCUT2D eigenvalue weighted by Crippen LogP contribution is -2.31. The Balaban J connectivity index is 2.63. The van der Waals surface area contributed by atoms with E-state index in [0.717, 1.165) is 6.54 Å². The summed E-state index contributed by atoms with van der Waals surface area (Å²) in [6.07, 6.45) is 0. The van der Waals surface area contributed by atoms with E-state index in [-0.39, 0.29) is 5.91 Å². The number of carbonyl (C=O) groups is 2. The van der Waals surface area contributed by atoms with Crippen molar-refractivity contribution in [2.45, 2.75) is 0 Å². The lowest BCUT2D eigenvalue weighted by Gasteiger charge is -2.10. The zero-order valence-electron chi connectivity index (χ0n) is 10.1. The zero-order chi connectivity index (χ0) is 12.8. The number of primary amides is 1. The first-order chi connectivity index (χ1) is 8.00. The molecular weight excluding hydrogens is 218 g/mol. The van der Waals surface area contributed by atoms with Gasteiger partial charge in [0.05, 0.1) is 0 Å². The fourth-order valence-corrected chi connectivity index (χ4v) is 1.31. The third-order valence-corrected chi connectivity index (χ3v) is 2.25. The van der Waals surface area contributed by atoms with E-state index >= 15 is 0 Å². The average Bonchev–Trinajstić information content (AvgIpc) is 2.28. The third-order valence-electron chi connectivity index (χ3n) is 2.25. The summed E-state index contributed by atoms with van der Waals surface area (Å²) < 4.78 is 0. The van der Waals surface area contributed by atoms with Gasteiger partial charge in [0.15, 0.2) is 0 Å². The molecule has 0 unspecified atom stereocenters. The molecule has 5 heteroatoms. The van der Waals surface area contributed by atoms with E-state index in [1.165, 1.54) is 6.07 Å². The van der Waals surface area contributed by atoms with Gasteiger partial charge in [0.2, 0.25) is 5.91 Å². The van der Waals surface area contributed by atoms with E-state index in [9.17, 15) is 9.59 Å². The number of hydrogen-bond acceptors (Lipinski definition) is 3. The van der Waals surface area contributed by atoms with Crippen LogP contribution in [0.5, 0.6) is 0 Å². The number of benzene rings is 1. The summed E-state index contributed by atoms with van der Waals surface area (Å²) in [5.41, 5.74) is 5.93. The number of nitrogens with zero attached hydrogens (tertiary/aromatic N) is 1. The number of amides is 2. The molecule has 5 nitrogen and oxygen atoms in total. The molecule has 17 heavy (non-hydrogen) atoms. The summed E-state index contributed by atoms with van der Waals surface area (Å²) in [6.45, 7) is 1.33. The largest absolute Gasteiger partial charge is 0.366 e. The first-order valence-corrected chi connectivity index (χ1v) is 5.33. The molecule has 0 radical (unpaired) electrons. The molecule has 1 aromatic rings. The molecule has 0 aliphatic rings. The predicted octanol–water partition coefficient (Wildman–Crippen LogP) is 0.0769. The van der Waals surface area contributed by atoms with Crippen molar-refractivity contribution in [2.75, 3.05) is 27.2 Å². The Kier molecular flexibility index (Phi) is 4.66. The minimum atomic E-state index is -0.534. The quantitative estimate of drug-likeness (QED) is 0.758. The Hall–Kier alpha value is -1.88. The Morgan fingerprint density at radius 2 is 1.94 bits per heavy atom. The van der Waals surface area contributed by atoms with Gasteiger partial charge in [-0.1, -0.05) is 6.07 Å². The van der Waals surface area contributed by atoms with Gasteiger partial charge < -0.3 is 16.0 Å². The molecule has 0 atom stereocenters. The van der Waals surface area contributed by atoms with Crippen molar-refractivity contribution in [2.24, 2.45) is 5.73 Å². The second kappa shape index (κ2) is 6.00. The van der Waals surface area contributed by atoms with Gasteiger partial charge in [0.25, 0.3) is 5.91 Å². The molecule has 0 bridgehead atoms. The fraction of sp³-hybridized carbons (Fsp3) is 0.333. The van der Waals surface area contributed by atoms with Crippen LogP contribution in [-0.4, -0.2) is 43.9 Å². The van der Waals surface area contributed by atoms with Crippen LogP contribution in [0.4, 0.5) is 0 Å². The molecule has 0 aliphatic carbocycles. The van der Waals surface area contributed by atoms with Gasteiger partial charge in [-0.3, -0.25) is 9.59 Å². The van der Waals surface area contributed by atoms with Gasteiger partial charge >= 0.3 is 0 Å². The van der Waals surface area contributed by atoms with Crippen molar-refractivity contribution in [1.29, 1.82) is 0 Å². The lowest BCUT2D eigenvalue weighted by atomic mass is 10.1.